The Morgan fingerprint density at radius 3 is 2.74 bits per heavy atom. The van der Waals surface area contributed by atoms with Crippen molar-refractivity contribution in [2.24, 2.45) is 5.92 Å². The van der Waals surface area contributed by atoms with E-state index in [1.54, 1.807) is 16.7 Å². The lowest BCUT2D eigenvalue weighted by atomic mass is 10.1. The van der Waals surface area contributed by atoms with Crippen molar-refractivity contribution in [3.8, 4) is 11.4 Å². The highest BCUT2D eigenvalue weighted by Crippen LogP contribution is 2.26. The first kappa shape index (κ1) is 14.1. The molecule has 0 aliphatic heterocycles. The van der Waals surface area contributed by atoms with Gasteiger partial charge in [0.25, 0.3) is 0 Å². The molecule has 1 aromatic carbocycles. The lowest BCUT2D eigenvalue weighted by Gasteiger charge is -2.12. The first-order chi connectivity index (χ1) is 9.02. The molecule has 19 heavy (non-hydrogen) atoms. The Kier molecular flexibility index (Phi) is 4.31. The molecule has 0 amide bonds. The third-order valence-electron chi connectivity index (χ3n) is 2.69. The van der Waals surface area contributed by atoms with Gasteiger partial charge in [-0.05, 0) is 24.1 Å². The van der Waals surface area contributed by atoms with Gasteiger partial charge in [-0.25, -0.2) is 4.39 Å². The third kappa shape index (κ3) is 3.01. The van der Waals surface area contributed by atoms with Gasteiger partial charge in [0.1, 0.15) is 12.4 Å². The van der Waals surface area contributed by atoms with Crippen molar-refractivity contribution in [1.29, 1.82) is 0 Å². The molecule has 1 N–H and O–H groups in total. The van der Waals surface area contributed by atoms with E-state index in [2.05, 4.69) is 26.1 Å². The van der Waals surface area contributed by atoms with Crippen LogP contribution in [0, 0.1) is 11.7 Å². The molecule has 0 bridgehead atoms. The van der Waals surface area contributed by atoms with Crippen LogP contribution in [0.5, 0.6) is 0 Å². The molecule has 102 valence electrons. The summed E-state index contributed by atoms with van der Waals surface area (Å²) in [5.74, 6) is 0.875. The minimum absolute atomic E-state index is 0.213. The predicted octanol–water partition coefficient (Wildman–Crippen LogP) is 3.00. The summed E-state index contributed by atoms with van der Waals surface area (Å²) in [7, 11) is 0. The van der Waals surface area contributed by atoms with Gasteiger partial charge in [0.15, 0.2) is 11.6 Å². The Bertz CT molecular complexity index is 583. The van der Waals surface area contributed by atoms with Gasteiger partial charge in [0, 0.05) is 11.0 Å². The standard InChI is InChI=1S/C13H15BrFN3O/c1-8(2)6-18-12(7-19)16-17-13(18)10-5-9(14)3-4-11(10)15/h3-5,8,19H,6-7H2,1-2H3. The number of benzene rings is 1. The molecule has 1 aromatic heterocycles. The fourth-order valence-electron chi connectivity index (χ4n) is 1.88. The van der Waals surface area contributed by atoms with Gasteiger partial charge in [-0.3, -0.25) is 0 Å². The molecule has 0 unspecified atom stereocenters. The minimum atomic E-state index is -0.356. The maximum absolute atomic E-state index is 13.9. The first-order valence-corrected chi connectivity index (χ1v) is 6.80. The van der Waals surface area contributed by atoms with E-state index in [4.69, 9.17) is 0 Å². The Morgan fingerprint density at radius 1 is 1.37 bits per heavy atom. The van der Waals surface area contributed by atoms with E-state index in [1.807, 2.05) is 13.8 Å². The van der Waals surface area contributed by atoms with Gasteiger partial charge in [-0.1, -0.05) is 29.8 Å². The zero-order chi connectivity index (χ0) is 14.0. The second-order valence-electron chi connectivity index (χ2n) is 4.73. The number of hydrogen-bond acceptors (Lipinski definition) is 3. The molecular weight excluding hydrogens is 313 g/mol. The highest BCUT2D eigenvalue weighted by Gasteiger charge is 2.17. The summed E-state index contributed by atoms with van der Waals surface area (Å²) in [6.07, 6.45) is 0. The van der Waals surface area contributed by atoms with E-state index in [0.717, 1.165) is 4.47 Å². The molecule has 2 rings (SSSR count). The Morgan fingerprint density at radius 2 is 2.11 bits per heavy atom. The van der Waals surface area contributed by atoms with Crippen molar-refractivity contribution in [3.05, 3.63) is 34.3 Å². The highest BCUT2D eigenvalue weighted by molar-refractivity contribution is 9.10. The van der Waals surface area contributed by atoms with E-state index >= 15 is 0 Å². The molecule has 1 heterocycles. The van der Waals surface area contributed by atoms with Crippen molar-refractivity contribution >= 4 is 15.9 Å². The number of aliphatic hydroxyl groups excluding tert-OH is 1. The normalized spacial score (nSPS) is 11.3. The van der Waals surface area contributed by atoms with Crippen molar-refractivity contribution in [2.75, 3.05) is 0 Å². The lowest BCUT2D eigenvalue weighted by Crippen LogP contribution is -2.10. The second kappa shape index (κ2) is 5.79. The Balaban J connectivity index is 2.55. The quantitative estimate of drug-likeness (QED) is 0.939. The Labute approximate surface area is 119 Å². The topological polar surface area (TPSA) is 50.9 Å². The summed E-state index contributed by atoms with van der Waals surface area (Å²) in [5, 5.41) is 17.2. The summed E-state index contributed by atoms with van der Waals surface area (Å²) in [6.45, 7) is 4.50. The summed E-state index contributed by atoms with van der Waals surface area (Å²) in [5.41, 5.74) is 0.377. The fraction of sp³-hybridized carbons (Fsp3) is 0.385. The molecule has 0 fully saturated rings. The van der Waals surface area contributed by atoms with Gasteiger partial charge in [0.2, 0.25) is 0 Å². The zero-order valence-corrected chi connectivity index (χ0v) is 12.4. The van der Waals surface area contributed by atoms with Crippen molar-refractivity contribution in [2.45, 2.75) is 27.0 Å². The van der Waals surface area contributed by atoms with Crippen LogP contribution in [0.1, 0.15) is 19.7 Å². The number of rotatable bonds is 4. The summed E-state index contributed by atoms with van der Waals surface area (Å²) in [6, 6.07) is 4.68. The van der Waals surface area contributed by atoms with Crippen LogP contribution in [0.4, 0.5) is 4.39 Å². The van der Waals surface area contributed by atoms with Crippen LogP contribution < -0.4 is 0 Å². The molecule has 2 aromatic rings. The molecule has 4 nitrogen and oxygen atoms in total. The average Bonchev–Trinajstić information content (AvgIpc) is 2.74. The van der Waals surface area contributed by atoms with Gasteiger partial charge in [-0.2, -0.15) is 0 Å². The number of hydrogen-bond donors (Lipinski definition) is 1. The molecule has 0 aliphatic carbocycles. The van der Waals surface area contributed by atoms with Gasteiger partial charge < -0.3 is 9.67 Å². The molecule has 0 radical (unpaired) electrons. The molecular formula is C13H15BrFN3O. The average molecular weight is 328 g/mol. The number of aliphatic hydroxyl groups is 1. The summed E-state index contributed by atoms with van der Waals surface area (Å²) < 4.78 is 16.5. The number of aromatic nitrogens is 3. The van der Waals surface area contributed by atoms with Crippen molar-refractivity contribution < 1.29 is 9.50 Å². The van der Waals surface area contributed by atoms with Crippen LogP contribution in [-0.4, -0.2) is 19.9 Å². The lowest BCUT2D eigenvalue weighted by molar-refractivity contribution is 0.262. The molecule has 0 atom stereocenters. The maximum atomic E-state index is 13.9. The molecule has 0 saturated carbocycles. The Hall–Kier alpha value is -1.27. The zero-order valence-electron chi connectivity index (χ0n) is 10.8. The first-order valence-electron chi connectivity index (χ1n) is 6.01. The maximum Gasteiger partial charge on any atom is 0.167 e. The van der Waals surface area contributed by atoms with E-state index in [9.17, 15) is 9.50 Å². The van der Waals surface area contributed by atoms with Crippen LogP contribution in [-0.2, 0) is 13.2 Å². The molecule has 0 saturated heterocycles. The van der Waals surface area contributed by atoms with Crippen LogP contribution in [0.3, 0.4) is 0 Å². The fourth-order valence-corrected chi connectivity index (χ4v) is 2.24. The predicted molar refractivity (Wildman–Crippen MR) is 73.9 cm³/mol. The largest absolute Gasteiger partial charge is 0.388 e. The highest BCUT2D eigenvalue weighted by atomic mass is 79.9. The van der Waals surface area contributed by atoms with E-state index in [-0.39, 0.29) is 12.4 Å². The monoisotopic (exact) mass is 327 g/mol. The van der Waals surface area contributed by atoms with Gasteiger partial charge >= 0.3 is 0 Å². The van der Waals surface area contributed by atoms with Gasteiger partial charge in [0.05, 0.1) is 5.56 Å². The van der Waals surface area contributed by atoms with E-state index in [0.29, 0.717) is 29.7 Å². The van der Waals surface area contributed by atoms with Crippen LogP contribution >= 0.6 is 15.9 Å². The molecule has 6 heteroatoms. The minimum Gasteiger partial charge on any atom is -0.388 e. The van der Waals surface area contributed by atoms with Crippen molar-refractivity contribution in [1.82, 2.24) is 14.8 Å². The SMILES string of the molecule is CC(C)Cn1c(CO)nnc1-c1cc(Br)ccc1F. The smallest absolute Gasteiger partial charge is 0.167 e. The molecule has 0 spiro atoms. The van der Waals surface area contributed by atoms with Crippen LogP contribution in [0.25, 0.3) is 11.4 Å². The van der Waals surface area contributed by atoms with Crippen LogP contribution in [0.2, 0.25) is 0 Å². The second-order valence-corrected chi connectivity index (χ2v) is 5.64. The number of nitrogens with zero attached hydrogens (tertiary/aromatic N) is 3. The van der Waals surface area contributed by atoms with Crippen molar-refractivity contribution in [3.63, 3.8) is 0 Å². The summed E-state index contributed by atoms with van der Waals surface area (Å²) in [4.78, 5) is 0. The molecule has 0 aliphatic rings. The number of halogens is 2. The van der Waals surface area contributed by atoms with E-state index < -0.39 is 0 Å². The van der Waals surface area contributed by atoms with Crippen LogP contribution in [0.15, 0.2) is 22.7 Å². The third-order valence-corrected chi connectivity index (χ3v) is 3.18. The summed E-state index contributed by atoms with van der Waals surface area (Å²) >= 11 is 3.32. The van der Waals surface area contributed by atoms with Gasteiger partial charge in [-0.15, -0.1) is 10.2 Å². The van der Waals surface area contributed by atoms with E-state index in [1.165, 1.54) is 6.07 Å².